The van der Waals surface area contributed by atoms with Crippen LogP contribution in [0.4, 0.5) is 37.2 Å². The van der Waals surface area contributed by atoms with Gasteiger partial charge in [-0.25, -0.2) is 13.2 Å². The van der Waals surface area contributed by atoms with Crippen LogP contribution in [0, 0.1) is 23.0 Å². The number of nitrogens with zero attached hydrogens (tertiary/aromatic N) is 6. The van der Waals surface area contributed by atoms with Crippen molar-refractivity contribution in [2.75, 3.05) is 50.5 Å². The first-order valence-corrected chi connectivity index (χ1v) is 19.0. The lowest BCUT2D eigenvalue weighted by molar-refractivity contribution is -0.137. The molecule has 2 N–H and O–H groups in total. The number of benzene rings is 2. The summed E-state index contributed by atoms with van der Waals surface area (Å²) < 4.78 is 92.5. The topological polar surface area (TPSA) is 112 Å². The van der Waals surface area contributed by atoms with Gasteiger partial charge in [0.15, 0.2) is 5.82 Å². The van der Waals surface area contributed by atoms with Crippen LogP contribution in [0.2, 0.25) is 0 Å². The molecule has 0 bridgehead atoms. The minimum Gasteiger partial charge on any atom is -0.467 e. The van der Waals surface area contributed by atoms with Crippen molar-refractivity contribution in [2.45, 2.75) is 91.2 Å². The number of anilines is 2. The Morgan fingerprint density at radius 3 is 2.41 bits per heavy atom. The molecule has 3 saturated heterocycles. The van der Waals surface area contributed by atoms with Crippen molar-refractivity contribution in [1.82, 2.24) is 19.8 Å². The fourth-order valence-corrected chi connectivity index (χ4v) is 8.17. The first kappa shape index (κ1) is 42.4. The summed E-state index contributed by atoms with van der Waals surface area (Å²) in [5.74, 6) is -2.14. The number of thiophene rings is 1. The normalized spacial score (nSPS) is 19.2. The number of nitrogen functional groups attached to an aromatic ring is 1. The molecule has 5 heterocycles. The van der Waals surface area contributed by atoms with Gasteiger partial charge in [0.05, 0.1) is 22.9 Å². The molecule has 3 unspecified atom stereocenters. The zero-order valence-electron chi connectivity index (χ0n) is 31.4. The third kappa shape index (κ3) is 8.62. The van der Waals surface area contributed by atoms with E-state index in [0.717, 1.165) is 31.2 Å². The number of fused-ring (bicyclic) bond motifs is 3. The van der Waals surface area contributed by atoms with Gasteiger partial charge < -0.3 is 20.3 Å². The van der Waals surface area contributed by atoms with E-state index in [4.69, 9.17) is 10.5 Å². The van der Waals surface area contributed by atoms with Crippen LogP contribution in [0.25, 0.3) is 32.1 Å². The van der Waals surface area contributed by atoms with Gasteiger partial charge >= 0.3 is 12.2 Å². The van der Waals surface area contributed by atoms with E-state index in [2.05, 4.69) is 28.7 Å². The van der Waals surface area contributed by atoms with Gasteiger partial charge in [-0.1, -0.05) is 40.2 Å². The van der Waals surface area contributed by atoms with Gasteiger partial charge in [0.25, 0.3) is 0 Å². The second-order valence-corrected chi connectivity index (χ2v) is 14.0. The van der Waals surface area contributed by atoms with E-state index >= 15 is 4.39 Å². The molecule has 9 nitrogen and oxygen atoms in total. The SMILES string of the molecule is CC.CCC.CCN(c1nc(OC)nc2c(F)c(-c3ccc(F)c4sc(N)c(C#N)c34)c(C(F)(F)F)cc12)C1CCN(C=O)C1.FC1CC2CCCN2C1. The lowest BCUT2D eigenvalue weighted by atomic mass is 9.92. The Balaban J connectivity index is 0.000000390. The Morgan fingerprint density at radius 1 is 1.13 bits per heavy atom. The molecule has 2 aromatic carbocycles. The summed E-state index contributed by atoms with van der Waals surface area (Å²) in [7, 11) is 1.24. The van der Waals surface area contributed by atoms with Crippen LogP contribution in [0.5, 0.6) is 6.01 Å². The molecule has 0 saturated carbocycles. The van der Waals surface area contributed by atoms with E-state index in [-0.39, 0.29) is 56.0 Å². The number of rotatable bonds is 6. The fourth-order valence-electron chi connectivity index (χ4n) is 7.22. The molecule has 0 aliphatic carbocycles. The summed E-state index contributed by atoms with van der Waals surface area (Å²) in [5, 5.41) is 9.10. The van der Waals surface area contributed by atoms with E-state index in [1.807, 2.05) is 13.8 Å². The van der Waals surface area contributed by atoms with Gasteiger partial charge in [0, 0.05) is 54.6 Å². The van der Waals surface area contributed by atoms with Crippen molar-refractivity contribution < 1.29 is 35.9 Å². The maximum absolute atomic E-state index is 16.5. The zero-order chi connectivity index (χ0) is 39.9. The number of carbonyl (C=O) groups excluding carboxylic acids is 1. The third-order valence-electron chi connectivity index (χ3n) is 9.43. The lowest BCUT2D eigenvalue weighted by Gasteiger charge is -2.30. The van der Waals surface area contributed by atoms with Crippen molar-refractivity contribution in [3.63, 3.8) is 0 Å². The molecule has 1 amide bonds. The highest BCUT2D eigenvalue weighted by Crippen LogP contribution is 2.48. The molecule has 3 fully saturated rings. The Kier molecular flexibility index (Phi) is 14.4. The van der Waals surface area contributed by atoms with Crippen LogP contribution in [0.1, 0.15) is 77.8 Å². The number of halogens is 6. The van der Waals surface area contributed by atoms with E-state index in [0.29, 0.717) is 49.8 Å². The number of likely N-dealkylation sites (N-methyl/N-ethyl adjacent to an activating group) is 1. The maximum Gasteiger partial charge on any atom is 0.417 e. The van der Waals surface area contributed by atoms with Crippen LogP contribution in [0.3, 0.4) is 0 Å². The summed E-state index contributed by atoms with van der Waals surface area (Å²) in [6.45, 7) is 12.9. The molecule has 4 aromatic rings. The number of hydrogen-bond donors (Lipinski definition) is 1. The highest BCUT2D eigenvalue weighted by Gasteiger charge is 2.39. The molecule has 0 radical (unpaired) electrons. The standard InChI is InChI=1S/C26H21F5N6O2S.C7H12FN.C3H8.C2H6/c1-3-37(12-6-7-36(10-12)11-38)24-14-8-16(26(29,30)31)19(20(28)21(14)34-25(35-24)39-2)13-4-5-17(27)22-18(13)15(9-32)23(33)40-22;8-6-4-7-2-1-3-9(7)5-6;1-3-2;1-2/h4-5,8,11-12H,3,6-7,10,33H2,1-2H3;6-7H,1-5H2;3H2,1-2H3;1-2H3. The minimum atomic E-state index is -5.06. The van der Waals surface area contributed by atoms with E-state index in [9.17, 15) is 32.0 Å². The minimum absolute atomic E-state index is 0.0137. The number of alkyl halides is 4. The number of hydrogen-bond acceptors (Lipinski definition) is 9. The van der Waals surface area contributed by atoms with E-state index in [1.165, 1.54) is 31.3 Å². The molecule has 7 rings (SSSR count). The highest BCUT2D eigenvalue weighted by molar-refractivity contribution is 7.23. The predicted octanol–water partition coefficient (Wildman–Crippen LogP) is 8.96. The van der Waals surface area contributed by atoms with E-state index in [1.54, 1.807) is 17.9 Å². The lowest BCUT2D eigenvalue weighted by Crippen LogP contribution is -2.38. The van der Waals surface area contributed by atoms with Crippen molar-refractivity contribution in [3.8, 4) is 23.2 Å². The molecule has 0 spiro atoms. The largest absolute Gasteiger partial charge is 0.467 e. The van der Waals surface area contributed by atoms with Gasteiger partial charge in [-0.2, -0.15) is 28.4 Å². The molecule has 3 aliphatic heterocycles. The average molecular weight is 780 g/mol. The number of methoxy groups -OCH3 is 1. The summed E-state index contributed by atoms with van der Waals surface area (Å²) in [6, 6.07) is 4.49. The zero-order valence-corrected chi connectivity index (χ0v) is 32.2. The van der Waals surface area contributed by atoms with Gasteiger partial charge in [-0.05, 0) is 56.8 Å². The van der Waals surface area contributed by atoms with Crippen LogP contribution in [0.15, 0.2) is 18.2 Å². The summed E-state index contributed by atoms with van der Waals surface area (Å²) in [5.41, 5.74) is 2.56. The number of nitrogens with two attached hydrogens (primary N) is 1. The number of aromatic nitrogens is 2. The van der Waals surface area contributed by atoms with Crippen molar-refractivity contribution in [1.29, 1.82) is 5.26 Å². The number of likely N-dealkylation sites (tertiary alicyclic amines) is 1. The van der Waals surface area contributed by atoms with Gasteiger partial charge in [0.1, 0.15) is 34.4 Å². The maximum atomic E-state index is 16.5. The fraction of sp³-hybridized carbons (Fsp3) is 0.526. The molecule has 294 valence electrons. The third-order valence-corrected chi connectivity index (χ3v) is 10.5. The Bertz CT molecular complexity index is 1960. The molecular formula is C38H47F6N7O2S. The Morgan fingerprint density at radius 2 is 1.83 bits per heavy atom. The summed E-state index contributed by atoms with van der Waals surface area (Å²) >= 11 is 0.689. The number of amides is 1. The van der Waals surface area contributed by atoms with Gasteiger partial charge in [0.2, 0.25) is 6.41 Å². The number of ether oxygens (including phenoxy) is 1. The number of nitriles is 1. The first-order chi connectivity index (χ1) is 25.8. The monoisotopic (exact) mass is 779 g/mol. The average Bonchev–Trinajstić information content (AvgIpc) is 3.94. The molecular weight excluding hydrogens is 733 g/mol. The second-order valence-electron chi connectivity index (χ2n) is 13.0. The van der Waals surface area contributed by atoms with Crippen molar-refractivity contribution in [3.05, 3.63) is 41.0 Å². The van der Waals surface area contributed by atoms with Crippen LogP contribution >= 0.6 is 11.3 Å². The van der Waals surface area contributed by atoms with Gasteiger partial charge in [-0.3, -0.25) is 9.69 Å². The van der Waals surface area contributed by atoms with Gasteiger partial charge in [-0.15, -0.1) is 11.3 Å². The van der Waals surface area contributed by atoms with E-state index < -0.39 is 40.6 Å². The highest BCUT2D eigenvalue weighted by atomic mass is 32.1. The van der Waals surface area contributed by atoms with Crippen LogP contribution < -0.4 is 15.4 Å². The van der Waals surface area contributed by atoms with Crippen LogP contribution in [-0.4, -0.2) is 84.3 Å². The summed E-state index contributed by atoms with van der Waals surface area (Å²) in [6.07, 6.45) is 0.219. The molecule has 3 atom stereocenters. The Hall–Kier alpha value is -4.36. The van der Waals surface area contributed by atoms with Crippen molar-refractivity contribution >= 4 is 49.6 Å². The van der Waals surface area contributed by atoms with Crippen molar-refractivity contribution in [2.24, 2.45) is 0 Å². The number of carbonyl (C=O) groups is 1. The smallest absolute Gasteiger partial charge is 0.417 e. The molecule has 3 aliphatic rings. The Labute approximate surface area is 315 Å². The molecule has 54 heavy (non-hydrogen) atoms. The summed E-state index contributed by atoms with van der Waals surface area (Å²) in [4.78, 5) is 25.1. The molecule has 16 heteroatoms. The second kappa shape index (κ2) is 18.3. The van der Waals surface area contributed by atoms with Crippen LogP contribution in [-0.2, 0) is 11.0 Å². The molecule has 2 aromatic heterocycles. The quantitative estimate of drug-likeness (QED) is 0.153. The first-order valence-electron chi connectivity index (χ1n) is 18.2. The predicted molar refractivity (Wildman–Crippen MR) is 201 cm³/mol.